The Morgan fingerprint density at radius 3 is 2.95 bits per heavy atom. The van der Waals surface area contributed by atoms with Crippen molar-refractivity contribution < 1.29 is 4.74 Å². The Balaban J connectivity index is 1.63. The lowest BCUT2D eigenvalue weighted by molar-refractivity contribution is -0.0979. The van der Waals surface area contributed by atoms with Crippen molar-refractivity contribution >= 4 is 10.9 Å². The molecule has 0 bridgehead atoms. The number of hydrogen-bond acceptors (Lipinski definition) is 2. The van der Waals surface area contributed by atoms with Crippen molar-refractivity contribution in [3.63, 3.8) is 0 Å². The monoisotopic (exact) mass is 258 g/mol. The Kier molecular flexibility index (Phi) is 3.11. The maximum absolute atomic E-state index is 5.49. The van der Waals surface area contributed by atoms with Gasteiger partial charge in [-0.2, -0.15) is 0 Å². The first-order valence-electron chi connectivity index (χ1n) is 6.93. The number of H-pyrrole nitrogens is 1. The van der Waals surface area contributed by atoms with Gasteiger partial charge in [0.25, 0.3) is 0 Å². The van der Waals surface area contributed by atoms with E-state index in [0.717, 1.165) is 13.0 Å². The molecule has 2 unspecified atom stereocenters. The minimum atomic E-state index is 0.229. The summed E-state index contributed by atoms with van der Waals surface area (Å²) in [6, 6.07) is 9.24. The Morgan fingerprint density at radius 2 is 2.21 bits per heavy atom. The van der Waals surface area contributed by atoms with Crippen LogP contribution in [0.4, 0.5) is 0 Å². The Labute approximate surface area is 114 Å². The van der Waals surface area contributed by atoms with Crippen LogP contribution >= 0.6 is 0 Å². The second-order valence-corrected chi connectivity index (χ2v) is 6.11. The molecular formula is C16H22N2O. The number of benzene rings is 1. The van der Waals surface area contributed by atoms with Crippen LogP contribution in [0.25, 0.3) is 10.9 Å². The number of aromatic amines is 1. The van der Waals surface area contributed by atoms with E-state index >= 15 is 0 Å². The van der Waals surface area contributed by atoms with E-state index in [4.69, 9.17) is 4.74 Å². The second-order valence-electron chi connectivity index (χ2n) is 6.11. The van der Waals surface area contributed by atoms with Gasteiger partial charge in [-0.05, 0) is 35.6 Å². The van der Waals surface area contributed by atoms with Gasteiger partial charge in [-0.25, -0.2) is 0 Å². The second kappa shape index (κ2) is 4.66. The van der Waals surface area contributed by atoms with Gasteiger partial charge in [0.2, 0.25) is 0 Å². The molecule has 102 valence electrons. The van der Waals surface area contributed by atoms with E-state index < -0.39 is 0 Å². The summed E-state index contributed by atoms with van der Waals surface area (Å²) < 4.78 is 5.49. The van der Waals surface area contributed by atoms with Gasteiger partial charge in [-0.15, -0.1) is 0 Å². The van der Waals surface area contributed by atoms with Crippen LogP contribution in [0.1, 0.15) is 25.8 Å². The summed E-state index contributed by atoms with van der Waals surface area (Å²) in [7, 11) is 1.81. The van der Waals surface area contributed by atoms with Crippen molar-refractivity contribution in [3.05, 3.63) is 36.0 Å². The molecule has 0 aliphatic heterocycles. The molecule has 2 atom stereocenters. The molecule has 0 spiro atoms. The molecule has 1 aromatic carbocycles. The molecule has 1 aliphatic rings. The summed E-state index contributed by atoms with van der Waals surface area (Å²) in [5.74, 6) is 0. The first-order valence-corrected chi connectivity index (χ1v) is 6.93. The molecule has 3 nitrogen and oxygen atoms in total. The van der Waals surface area contributed by atoms with Crippen LogP contribution in [0.3, 0.4) is 0 Å². The van der Waals surface area contributed by atoms with Crippen LogP contribution in [0, 0.1) is 5.41 Å². The van der Waals surface area contributed by atoms with Gasteiger partial charge in [-0.1, -0.05) is 19.9 Å². The smallest absolute Gasteiger partial charge is 0.0652 e. The van der Waals surface area contributed by atoms with Gasteiger partial charge in [-0.3, -0.25) is 0 Å². The molecule has 19 heavy (non-hydrogen) atoms. The van der Waals surface area contributed by atoms with Gasteiger partial charge >= 0.3 is 0 Å². The summed E-state index contributed by atoms with van der Waals surface area (Å²) in [6.07, 6.45) is 3.48. The van der Waals surface area contributed by atoms with E-state index in [0.29, 0.717) is 12.1 Å². The Bertz CT molecular complexity index is 573. The maximum Gasteiger partial charge on any atom is 0.0652 e. The number of fused-ring (bicyclic) bond motifs is 1. The number of nitrogens with one attached hydrogen (secondary N) is 2. The molecule has 0 saturated heterocycles. The maximum atomic E-state index is 5.49. The number of aromatic nitrogens is 1. The SMILES string of the molecule is COC1CC(NCc2ccc3[nH]ccc3c2)C1(C)C. The minimum absolute atomic E-state index is 0.229. The first-order chi connectivity index (χ1) is 9.11. The zero-order chi connectivity index (χ0) is 13.5. The van der Waals surface area contributed by atoms with Crippen LogP contribution in [0.15, 0.2) is 30.5 Å². The van der Waals surface area contributed by atoms with Gasteiger partial charge in [0.15, 0.2) is 0 Å². The summed E-state index contributed by atoms with van der Waals surface area (Å²) >= 11 is 0. The third-order valence-electron chi connectivity index (χ3n) is 4.63. The highest BCUT2D eigenvalue weighted by molar-refractivity contribution is 5.79. The van der Waals surface area contributed by atoms with Crippen molar-refractivity contribution in [3.8, 4) is 0 Å². The lowest BCUT2D eigenvalue weighted by Gasteiger charge is -2.51. The van der Waals surface area contributed by atoms with E-state index in [1.54, 1.807) is 0 Å². The average molecular weight is 258 g/mol. The Morgan fingerprint density at radius 1 is 1.37 bits per heavy atom. The molecule has 1 aromatic heterocycles. The summed E-state index contributed by atoms with van der Waals surface area (Å²) in [6.45, 7) is 5.47. The van der Waals surface area contributed by atoms with Crippen LogP contribution in [-0.2, 0) is 11.3 Å². The van der Waals surface area contributed by atoms with Crippen molar-refractivity contribution in [1.29, 1.82) is 0 Å². The predicted octanol–water partition coefficient (Wildman–Crippen LogP) is 3.07. The number of ether oxygens (including phenoxy) is 1. The van der Waals surface area contributed by atoms with Gasteiger partial charge in [0, 0.05) is 36.8 Å². The summed E-state index contributed by atoms with van der Waals surface area (Å²) in [5, 5.41) is 4.94. The molecular weight excluding hydrogens is 236 g/mol. The fraction of sp³-hybridized carbons (Fsp3) is 0.500. The third-order valence-corrected chi connectivity index (χ3v) is 4.63. The zero-order valence-electron chi connectivity index (χ0n) is 11.9. The standard InChI is InChI=1S/C16H22N2O/c1-16(2)14(9-15(16)19-3)18-10-11-4-5-13-12(8-11)6-7-17-13/h4-8,14-15,17-18H,9-10H2,1-3H3. The molecule has 0 amide bonds. The van der Waals surface area contributed by atoms with E-state index in [-0.39, 0.29) is 5.41 Å². The van der Waals surface area contributed by atoms with Gasteiger partial charge in [0.1, 0.15) is 0 Å². The first kappa shape index (κ1) is 12.7. The number of methoxy groups -OCH3 is 1. The normalized spacial score (nSPS) is 25.4. The lowest BCUT2D eigenvalue weighted by atomic mass is 9.64. The highest BCUT2D eigenvalue weighted by Gasteiger charge is 2.48. The quantitative estimate of drug-likeness (QED) is 0.884. The largest absolute Gasteiger partial charge is 0.381 e. The van der Waals surface area contributed by atoms with Crippen LogP contribution in [0.2, 0.25) is 0 Å². The predicted molar refractivity (Wildman–Crippen MR) is 78.1 cm³/mol. The minimum Gasteiger partial charge on any atom is -0.381 e. The van der Waals surface area contributed by atoms with E-state index in [1.807, 2.05) is 13.3 Å². The van der Waals surface area contributed by atoms with E-state index in [9.17, 15) is 0 Å². The number of hydrogen-bond donors (Lipinski definition) is 2. The average Bonchev–Trinajstić information content (AvgIpc) is 2.85. The fourth-order valence-electron chi connectivity index (χ4n) is 3.09. The molecule has 1 heterocycles. The molecule has 3 rings (SSSR count). The molecule has 3 heteroatoms. The van der Waals surface area contributed by atoms with E-state index in [1.165, 1.54) is 16.5 Å². The van der Waals surface area contributed by atoms with Gasteiger partial charge < -0.3 is 15.0 Å². The van der Waals surface area contributed by atoms with Crippen molar-refractivity contribution in [1.82, 2.24) is 10.3 Å². The number of rotatable bonds is 4. The van der Waals surface area contributed by atoms with Crippen molar-refractivity contribution in [2.75, 3.05) is 7.11 Å². The lowest BCUT2D eigenvalue weighted by Crippen LogP contribution is -2.60. The topological polar surface area (TPSA) is 37.0 Å². The zero-order valence-corrected chi connectivity index (χ0v) is 11.9. The van der Waals surface area contributed by atoms with Crippen LogP contribution in [-0.4, -0.2) is 24.2 Å². The van der Waals surface area contributed by atoms with Crippen LogP contribution in [0.5, 0.6) is 0 Å². The summed E-state index contributed by atoms with van der Waals surface area (Å²) in [4.78, 5) is 3.22. The van der Waals surface area contributed by atoms with Crippen LogP contribution < -0.4 is 5.32 Å². The molecule has 2 aromatic rings. The molecule has 1 aliphatic carbocycles. The highest BCUT2D eigenvalue weighted by atomic mass is 16.5. The van der Waals surface area contributed by atoms with Gasteiger partial charge in [0.05, 0.1) is 6.10 Å². The summed E-state index contributed by atoms with van der Waals surface area (Å²) in [5.41, 5.74) is 2.77. The Hall–Kier alpha value is -1.32. The highest BCUT2D eigenvalue weighted by Crippen LogP contribution is 2.42. The molecule has 0 radical (unpaired) electrons. The molecule has 1 saturated carbocycles. The van der Waals surface area contributed by atoms with Crippen molar-refractivity contribution in [2.24, 2.45) is 5.41 Å². The van der Waals surface area contributed by atoms with Crippen molar-refractivity contribution in [2.45, 2.75) is 39.0 Å². The molecule has 2 N–H and O–H groups in total. The fourth-order valence-corrected chi connectivity index (χ4v) is 3.09. The molecule has 1 fully saturated rings. The van der Waals surface area contributed by atoms with E-state index in [2.05, 4.69) is 48.4 Å². The third kappa shape index (κ3) is 2.17.